The molecule has 1 aliphatic rings. The van der Waals surface area contributed by atoms with Crippen LogP contribution in [0.2, 0.25) is 0 Å². The van der Waals surface area contributed by atoms with Crippen LogP contribution in [0.5, 0.6) is 5.75 Å². The van der Waals surface area contributed by atoms with E-state index in [-0.39, 0.29) is 0 Å². The smallest absolute Gasteiger partial charge is 0.119 e. The zero-order chi connectivity index (χ0) is 13.5. The molecule has 106 valence electrons. The van der Waals surface area contributed by atoms with Gasteiger partial charge < -0.3 is 15.2 Å². The van der Waals surface area contributed by atoms with Gasteiger partial charge >= 0.3 is 0 Å². The molecule has 0 aliphatic heterocycles. The lowest BCUT2D eigenvalue weighted by Gasteiger charge is -2.24. The van der Waals surface area contributed by atoms with Crippen LogP contribution in [0, 0.1) is 0 Å². The summed E-state index contributed by atoms with van der Waals surface area (Å²) >= 11 is 0. The molecule has 1 saturated carbocycles. The SMILES string of the molecule is CCOc1ccc(C(O)CNC2CCCCC2)cc1. The molecule has 0 spiro atoms. The van der Waals surface area contributed by atoms with E-state index in [1.807, 2.05) is 31.2 Å². The molecular weight excluding hydrogens is 238 g/mol. The number of nitrogens with one attached hydrogen (secondary N) is 1. The van der Waals surface area contributed by atoms with Gasteiger partial charge in [-0.3, -0.25) is 0 Å². The van der Waals surface area contributed by atoms with Crippen molar-refractivity contribution in [2.45, 2.75) is 51.2 Å². The van der Waals surface area contributed by atoms with Crippen molar-refractivity contribution in [2.75, 3.05) is 13.2 Å². The maximum atomic E-state index is 10.2. The first kappa shape index (κ1) is 14.4. The van der Waals surface area contributed by atoms with Gasteiger partial charge in [0.25, 0.3) is 0 Å². The van der Waals surface area contributed by atoms with Crippen LogP contribution in [-0.2, 0) is 0 Å². The molecular formula is C16H25NO2. The number of benzene rings is 1. The zero-order valence-electron chi connectivity index (χ0n) is 11.8. The van der Waals surface area contributed by atoms with Crippen molar-refractivity contribution in [1.82, 2.24) is 5.32 Å². The van der Waals surface area contributed by atoms with Crippen molar-refractivity contribution in [3.05, 3.63) is 29.8 Å². The van der Waals surface area contributed by atoms with Crippen molar-refractivity contribution < 1.29 is 9.84 Å². The fraction of sp³-hybridized carbons (Fsp3) is 0.625. The van der Waals surface area contributed by atoms with Crippen LogP contribution >= 0.6 is 0 Å². The highest BCUT2D eigenvalue weighted by Gasteiger charge is 2.15. The fourth-order valence-electron chi connectivity index (χ4n) is 2.66. The van der Waals surface area contributed by atoms with Crippen LogP contribution in [0.25, 0.3) is 0 Å². The highest BCUT2D eigenvalue weighted by Crippen LogP contribution is 2.20. The minimum Gasteiger partial charge on any atom is -0.494 e. The minimum absolute atomic E-state index is 0.433. The van der Waals surface area contributed by atoms with Gasteiger partial charge in [0, 0.05) is 12.6 Å². The summed E-state index contributed by atoms with van der Waals surface area (Å²) in [5, 5.41) is 13.6. The van der Waals surface area contributed by atoms with Crippen LogP contribution in [0.15, 0.2) is 24.3 Å². The Balaban J connectivity index is 1.79. The molecule has 1 aliphatic carbocycles. The summed E-state index contributed by atoms with van der Waals surface area (Å²) in [5.74, 6) is 0.860. The van der Waals surface area contributed by atoms with Gasteiger partial charge in [0.2, 0.25) is 0 Å². The molecule has 3 heteroatoms. The quantitative estimate of drug-likeness (QED) is 0.829. The fourth-order valence-corrected chi connectivity index (χ4v) is 2.66. The van der Waals surface area contributed by atoms with Gasteiger partial charge in [0.15, 0.2) is 0 Å². The molecule has 1 unspecified atom stereocenters. The van der Waals surface area contributed by atoms with Gasteiger partial charge in [-0.05, 0) is 37.5 Å². The van der Waals surface area contributed by atoms with Crippen LogP contribution in [0.1, 0.15) is 50.7 Å². The van der Waals surface area contributed by atoms with Crippen LogP contribution < -0.4 is 10.1 Å². The van der Waals surface area contributed by atoms with Crippen molar-refractivity contribution in [2.24, 2.45) is 0 Å². The summed E-state index contributed by atoms with van der Waals surface area (Å²) < 4.78 is 5.40. The Morgan fingerprint density at radius 3 is 2.53 bits per heavy atom. The second kappa shape index (κ2) is 7.51. The summed E-state index contributed by atoms with van der Waals surface area (Å²) in [5.41, 5.74) is 0.951. The summed E-state index contributed by atoms with van der Waals surface area (Å²) in [6, 6.07) is 8.31. The molecule has 0 radical (unpaired) electrons. The Morgan fingerprint density at radius 1 is 1.21 bits per heavy atom. The second-order valence-corrected chi connectivity index (χ2v) is 5.26. The lowest BCUT2D eigenvalue weighted by molar-refractivity contribution is 0.165. The largest absolute Gasteiger partial charge is 0.494 e. The van der Waals surface area contributed by atoms with Crippen LogP contribution in [0.3, 0.4) is 0 Å². The van der Waals surface area contributed by atoms with E-state index in [0.717, 1.165) is 11.3 Å². The van der Waals surface area contributed by atoms with Gasteiger partial charge in [0.05, 0.1) is 12.7 Å². The zero-order valence-corrected chi connectivity index (χ0v) is 11.8. The van der Waals surface area contributed by atoms with E-state index in [2.05, 4.69) is 5.32 Å². The topological polar surface area (TPSA) is 41.5 Å². The van der Waals surface area contributed by atoms with Crippen molar-refractivity contribution >= 4 is 0 Å². The molecule has 1 fully saturated rings. The Kier molecular flexibility index (Phi) is 5.67. The molecule has 0 aromatic heterocycles. The first-order chi connectivity index (χ1) is 9.29. The standard InChI is InChI=1S/C16H25NO2/c1-2-19-15-10-8-13(9-11-15)16(18)12-17-14-6-4-3-5-7-14/h8-11,14,16-18H,2-7,12H2,1H3. The highest BCUT2D eigenvalue weighted by atomic mass is 16.5. The molecule has 1 aromatic carbocycles. The average Bonchev–Trinajstić information content (AvgIpc) is 2.47. The third-order valence-corrected chi connectivity index (χ3v) is 3.78. The number of hydrogen-bond acceptors (Lipinski definition) is 3. The van der Waals surface area contributed by atoms with E-state index in [4.69, 9.17) is 4.74 Å². The van der Waals surface area contributed by atoms with Gasteiger partial charge in [-0.25, -0.2) is 0 Å². The van der Waals surface area contributed by atoms with E-state index in [9.17, 15) is 5.11 Å². The summed E-state index contributed by atoms with van der Waals surface area (Å²) in [7, 11) is 0. The molecule has 1 atom stereocenters. The summed E-state index contributed by atoms with van der Waals surface area (Å²) in [6.07, 6.45) is 6.05. The van der Waals surface area contributed by atoms with Crippen molar-refractivity contribution in [3.8, 4) is 5.75 Å². The van der Waals surface area contributed by atoms with Gasteiger partial charge in [-0.2, -0.15) is 0 Å². The monoisotopic (exact) mass is 263 g/mol. The average molecular weight is 263 g/mol. The third-order valence-electron chi connectivity index (χ3n) is 3.78. The van der Waals surface area contributed by atoms with Crippen molar-refractivity contribution in [1.29, 1.82) is 0 Å². The van der Waals surface area contributed by atoms with E-state index in [1.165, 1.54) is 32.1 Å². The normalized spacial score (nSPS) is 18.2. The second-order valence-electron chi connectivity index (χ2n) is 5.26. The van der Waals surface area contributed by atoms with E-state index < -0.39 is 6.10 Å². The molecule has 3 nitrogen and oxygen atoms in total. The van der Waals surface area contributed by atoms with Gasteiger partial charge in [0.1, 0.15) is 5.75 Å². The molecule has 0 amide bonds. The Bertz CT molecular complexity index is 358. The molecule has 2 N–H and O–H groups in total. The number of hydrogen-bond donors (Lipinski definition) is 2. The highest BCUT2D eigenvalue weighted by molar-refractivity contribution is 5.28. The first-order valence-electron chi connectivity index (χ1n) is 7.44. The van der Waals surface area contributed by atoms with Crippen LogP contribution in [0.4, 0.5) is 0 Å². The maximum absolute atomic E-state index is 10.2. The molecule has 1 aromatic rings. The van der Waals surface area contributed by atoms with E-state index in [0.29, 0.717) is 19.2 Å². The molecule has 0 bridgehead atoms. The summed E-state index contributed by atoms with van der Waals surface area (Å²) in [4.78, 5) is 0. The lowest BCUT2D eigenvalue weighted by Crippen LogP contribution is -2.34. The Hall–Kier alpha value is -1.06. The summed E-state index contributed by atoms with van der Waals surface area (Å²) in [6.45, 7) is 3.28. The first-order valence-corrected chi connectivity index (χ1v) is 7.44. The Labute approximate surface area is 116 Å². The van der Waals surface area contributed by atoms with Crippen molar-refractivity contribution in [3.63, 3.8) is 0 Å². The van der Waals surface area contributed by atoms with E-state index in [1.54, 1.807) is 0 Å². The van der Waals surface area contributed by atoms with Crippen LogP contribution in [-0.4, -0.2) is 24.3 Å². The molecule has 2 rings (SSSR count). The lowest BCUT2D eigenvalue weighted by atomic mass is 9.95. The van der Waals surface area contributed by atoms with Gasteiger partial charge in [-0.1, -0.05) is 31.4 Å². The molecule has 0 heterocycles. The third kappa shape index (κ3) is 4.51. The Morgan fingerprint density at radius 2 is 1.89 bits per heavy atom. The van der Waals surface area contributed by atoms with E-state index >= 15 is 0 Å². The minimum atomic E-state index is -0.433. The number of aliphatic hydroxyl groups is 1. The predicted molar refractivity (Wildman–Crippen MR) is 77.4 cm³/mol. The number of rotatable bonds is 6. The maximum Gasteiger partial charge on any atom is 0.119 e. The number of ether oxygens (including phenoxy) is 1. The molecule has 0 saturated heterocycles. The number of aliphatic hydroxyl groups excluding tert-OH is 1. The molecule has 19 heavy (non-hydrogen) atoms. The predicted octanol–water partition coefficient (Wildman–Crippen LogP) is 3.04. The van der Waals surface area contributed by atoms with Gasteiger partial charge in [-0.15, -0.1) is 0 Å².